The lowest BCUT2D eigenvalue weighted by Crippen LogP contribution is -2.40. The lowest BCUT2D eigenvalue weighted by molar-refractivity contribution is -0.118. The number of carbonyl (C=O) groups excluding carboxylic acids is 1. The number of aryl methyl sites for hydroxylation is 1. The molecule has 1 aromatic carbocycles. The molecule has 2 unspecified atom stereocenters. The van der Waals surface area contributed by atoms with E-state index in [9.17, 15) is 4.79 Å². The van der Waals surface area contributed by atoms with Crippen LogP contribution in [-0.4, -0.2) is 11.9 Å². The molecule has 0 spiro atoms. The minimum atomic E-state index is -0.440. The van der Waals surface area contributed by atoms with E-state index in [0.29, 0.717) is 0 Å². The lowest BCUT2D eigenvalue weighted by atomic mass is 9.99. The van der Waals surface area contributed by atoms with Gasteiger partial charge in [0.1, 0.15) is 0 Å². The zero-order valence-corrected chi connectivity index (χ0v) is 12.1. The minimum Gasteiger partial charge on any atom is -0.325 e. The van der Waals surface area contributed by atoms with Gasteiger partial charge in [-0.3, -0.25) is 4.79 Å². The molecule has 0 bridgehead atoms. The Balaban J connectivity index is 0.00000289. The number of anilines is 1. The maximum atomic E-state index is 11.9. The summed E-state index contributed by atoms with van der Waals surface area (Å²) in [7, 11) is 0. The Morgan fingerprint density at radius 1 is 1.39 bits per heavy atom. The standard InChI is InChI=1S/C14H22N2O.ClH/c1-4-10(3)13(15)14(17)16-12-8-6-7-11(5-2)9-12;/h6-10,13H,4-5,15H2,1-3H3,(H,16,17);1H. The summed E-state index contributed by atoms with van der Waals surface area (Å²) in [6, 6.07) is 7.43. The predicted octanol–water partition coefficient (Wildman–Crippen LogP) is 2.98. The summed E-state index contributed by atoms with van der Waals surface area (Å²) in [5.74, 6) is 0.0944. The van der Waals surface area contributed by atoms with Crippen molar-refractivity contribution >= 4 is 24.0 Å². The molecule has 0 fully saturated rings. The molecule has 0 radical (unpaired) electrons. The van der Waals surface area contributed by atoms with Gasteiger partial charge in [-0.15, -0.1) is 12.4 Å². The van der Waals surface area contributed by atoms with Crippen molar-refractivity contribution in [1.82, 2.24) is 0 Å². The molecule has 1 aromatic rings. The number of rotatable bonds is 5. The number of nitrogens with two attached hydrogens (primary N) is 1. The summed E-state index contributed by atoms with van der Waals surface area (Å²) >= 11 is 0. The van der Waals surface area contributed by atoms with Crippen molar-refractivity contribution in [2.75, 3.05) is 5.32 Å². The van der Waals surface area contributed by atoms with Crippen LogP contribution in [0.2, 0.25) is 0 Å². The molecule has 3 N–H and O–H groups in total. The predicted molar refractivity (Wildman–Crippen MR) is 79.1 cm³/mol. The van der Waals surface area contributed by atoms with Crippen molar-refractivity contribution in [2.24, 2.45) is 11.7 Å². The van der Waals surface area contributed by atoms with Gasteiger partial charge in [-0.25, -0.2) is 0 Å². The summed E-state index contributed by atoms with van der Waals surface area (Å²) in [6.45, 7) is 6.12. The Morgan fingerprint density at radius 3 is 2.61 bits per heavy atom. The molecule has 1 rings (SSSR count). The third kappa shape index (κ3) is 4.67. The fraction of sp³-hybridized carbons (Fsp3) is 0.500. The highest BCUT2D eigenvalue weighted by atomic mass is 35.5. The van der Waals surface area contributed by atoms with E-state index < -0.39 is 6.04 Å². The third-order valence-corrected chi connectivity index (χ3v) is 3.16. The van der Waals surface area contributed by atoms with E-state index in [-0.39, 0.29) is 24.2 Å². The molecule has 1 amide bonds. The second-order valence-electron chi connectivity index (χ2n) is 4.45. The molecule has 3 nitrogen and oxygen atoms in total. The molecular weight excluding hydrogens is 248 g/mol. The zero-order chi connectivity index (χ0) is 12.8. The summed E-state index contributed by atoms with van der Waals surface area (Å²) < 4.78 is 0. The van der Waals surface area contributed by atoms with Gasteiger partial charge in [-0.2, -0.15) is 0 Å². The van der Waals surface area contributed by atoms with Gasteiger partial charge in [0.25, 0.3) is 0 Å². The number of hydrogen-bond acceptors (Lipinski definition) is 2. The van der Waals surface area contributed by atoms with Gasteiger partial charge in [-0.05, 0) is 30.0 Å². The van der Waals surface area contributed by atoms with Crippen LogP contribution in [0.5, 0.6) is 0 Å². The molecule has 0 saturated carbocycles. The van der Waals surface area contributed by atoms with E-state index in [1.165, 1.54) is 5.56 Å². The summed E-state index contributed by atoms with van der Waals surface area (Å²) in [5.41, 5.74) is 7.91. The summed E-state index contributed by atoms with van der Waals surface area (Å²) in [5, 5.41) is 2.87. The highest BCUT2D eigenvalue weighted by Crippen LogP contribution is 2.13. The molecule has 0 aromatic heterocycles. The van der Waals surface area contributed by atoms with Crippen LogP contribution in [0, 0.1) is 5.92 Å². The normalized spacial score (nSPS) is 13.3. The topological polar surface area (TPSA) is 55.1 Å². The summed E-state index contributed by atoms with van der Waals surface area (Å²) in [4.78, 5) is 11.9. The van der Waals surface area contributed by atoms with Crippen molar-refractivity contribution in [3.8, 4) is 0 Å². The van der Waals surface area contributed by atoms with Crippen LogP contribution in [0.1, 0.15) is 32.8 Å². The molecule has 2 atom stereocenters. The van der Waals surface area contributed by atoms with Crippen molar-refractivity contribution < 1.29 is 4.79 Å². The Hall–Kier alpha value is -1.06. The van der Waals surface area contributed by atoms with E-state index in [0.717, 1.165) is 18.5 Å². The second-order valence-corrected chi connectivity index (χ2v) is 4.45. The van der Waals surface area contributed by atoms with Crippen LogP contribution in [0.4, 0.5) is 5.69 Å². The monoisotopic (exact) mass is 270 g/mol. The Labute approximate surface area is 116 Å². The zero-order valence-electron chi connectivity index (χ0n) is 11.3. The number of carbonyl (C=O) groups is 1. The van der Waals surface area contributed by atoms with Crippen molar-refractivity contribution in [3.05, 3.63) is 29.8 Å². The fourth-order valence-electron chi connectivity index (χ4n) is 1.61. The number of hydrogen-bond donors (Lipinski definition) is 2. The van der Waals surface area contributed by atoms with E-state index in [1.807, 2.05) is 38.1 Å². The molecule has 0 aliphatic heterocycles. The fourth-order valence-corrected chi connectivity index (χ4v) is 1.61. The smallest absolute Gasteiger partial charge is 0.241 e. The lowest BCUT2D eigenvalue weighted by Gasteiger charge is -2.17. The van der Waals surface area contributed by atoms with Crippen molar-refractivity contribution in [3.63, 3.8) is 0 Å². The quantitative estimate of drug-likeness (QED) is 0.864. The first kappa shape index (κ1) is 16.9. The first-order chi connectivity index (χ1) is 8.08. The summed E-state index contributed by atoms with van der Waals surface area (Å²) in [6.07, 6.45) is 1.87. The maximum Gasteiger partial charge on any atom is 0.241 e. The number of amides is 1. The van der Waals surface area contributed by atoms with Gasteiger partial charge in [0.05, 0.1) is 6.04 Å². The van der Waals surface area contributed by atoms with Crippen LogP contribution >= 0.6 is 12.4 Å². The average molecular weight is 271 g/mol. The average Bonchev–Trinajstić information content (AvgIpc) is 2.37. The Morgan fingerprint density at radius 2 is 2.06 bits per heavy atom. The van der Waals surface area contributed by atoms with E-state index in [1.54, 1.807) is 0 Å². The van der Waals surface area contributed by atoms with Gasteiger partial charge in [0.15, 0.2) is 0 Å². The molecule has 0 aliphatic rings. The number of benzene rings is 1. The molecule has 18 heavy (non-hydrogen) atoms. The minimum absolute atomic E-state index is 0. The van der Waals surface area contributed by atoms with Crippen molar-refractivity contribution in [2.45, 2.75) is 39.7 Å². The van der Waals surface area contributed by atoms with Gasteiger partial charge in [0.2, 0.25) is 5.91 Å². The van der Waals surface area contributed by atoms with Gasteiger partial charge in [-0.1, -0.05) is 39.3 Å². The molecule has 0 saturated heterocycles. The first-order valence-corrected chi connectivity index (χ1v) is 6.23. The third-order valence-electron chi connectivity index (χ3n) is 3.16. The maximum absolute atomic E-state index is 11.9. The number of halogens is 1. The van der Waals surface area contributed by atoms with Gasteiger partial charge in [0, 0.05) is 5.69 Å². The van der Waals surface area contributed by atoms with E-state index >= 15 is 0 Å². The van der Waals surface area contributed by atoms with Crippen LogP contribution in [0.3, 0.4) is 0 Å². The Bertz CT molecular complexity index is 382. The largest absolute Gasteiger partial charge is 0.325 e. The molecular formula is C14H23ClN2O. The first-order valence-electron chi connectivity index (χ1n) is 6.23. The highest BCUT2D eigenvalue weighted by Gasteiger charge is 2.19. The van der Waals surface area contributed by atoms with Crippen molar-refractivity contribution in [1.29, 1.82) is 0 Å². The van der Waals surface area contributed by atoms with Crippen LogP contribution in [0.25, 0.3) is 0 Å². The van der Waals surface area contributed by atoms with Gasteiger partial charge < -0.3 is 11.1 Å². The van der Waals surface area contributed by atoms with E-state index in [4.69, 9.17) is 5.73 Å². The van der Waals surface area contributed by atoms with Crippen LogP contribution in [0.15, 0.2) is 24.3 Å². The van der Waals surface area contributed by atoms with Crippen LogP contribution < -0.4 is 11.1 Å². The number of nitrogens with one attached hydrogen (secondary N) is 1. The van der Waals surface area contributed by atoms with Gasteiger partial charge >= 0.3 is 0 Å². The SMILES string of the molecule is CCc1cccc(NC(=O)C(N)C(C)CC)c1.Cl. The highest BCUT2D eigenvalue weighted by molar-refractivity contribution is 5.94. The molecule has 102 valence electrons. The second kappa shape index (κ2) is 8.11. The van der Waals surface area contributed by atoms with Crippen LogP contribution in [-0.2, 0) is 11.2 Å². The molecule has 4 heteroatoms. The Kier molecular flexibility index (Phi) is 7.64. The van der Waals surface area contributed by atoms with E-state index in [2.05, 4.69) is 12.2 Å². The molecule has 0 heterocycles. The molecule has 0 aliphatic carbocycles.